The van der Waals surface area contributed by atoms with Gasteiger partial charge in [0.15, 0.2) is 9.84 Å². The highest BCUT2D eigenvalue weighted by Crippen LogP contribution is 2.45. The van der Waals surface area contributed by atoms with E-state index in [0.717, 1.165) is 4.90 Å². The number of rotatable bonds is 7. The second kappa shape index (κ2) is 7.34. The molecule has 0 aromatic rings. The van der Waals surface area contributed by atoms with Gasteiger partial charge in [-0.15, -0.1) is 0 Å². The van der Waals surface area contributed by atoms with Gasteiger partial charge in [0, 0.05) is 0 Å². The normalized spacial score (nSPS) is 27.8. The number of hydrogen-bond donors (Lipinski definition) is 3. The molecule has 2 saturated heterocycles. The predicted molar refractivity (Wildman–Crippen MR) is 98.7 cm³/mol. The van der Waals surface area contributed by atoms with Crippen molar-refractivity contribution >= 4 is 33.5 Å². The molecule has 10 nitrogen and oxygen atoms in total. The molecular weight excluding hydrogens is 390 g/mol. The molecule has 2 fully saturated rings. The Balaban J connectivity index is 2.12. The van der Waals surface area contributed by atoms with E-state index in [2.05, 4.69) is 10.6 Å². The fraction of sp³-hybridized carbons (Fsp3) is 0.765. The maximum atomic E-state index is 12.7. The number of hydrogen-bond acceptors (Lipinski definition) is 6. The molecule has 2 heterocycles. The first-order valence-corrected chi connectivity index (χ1v) is 10.7. The minimum absolute atomic E-state index is 0.152. The van der Waals surface area contributed by atoms with Crippen molar-refractivity contribution in [2.75, 3.05) is 0 Å². The van der Waals surface area contributed by atoms with Gasteiger partial charge in [-0.05, 0) is 26.7 Å². The van der Waals surface area contributed by atoms with Gasteiger partial charge in [-0.3, -0.25) is 14.4 Å². The molecule has 0 spiro atoms. The number of nitrogens with one attached hydrogen (secondary N) is 2. The Morgan fingerprint density at radius 2 is 1.82 bits per heavy atom. The summed E-state index contributed by atoms with van der Waals surface area (Å²) in [4.78, 5) is 49.4. The fourth-order valence-corrected chi connectivity index (χ4v) is 5.71. The van der Waals surface area contributed by atoms with E-state index in [1.165, 1.54) is 20.8 Å². The molecule has 2 rings (SSSR count). The summed E-state index contributed by atoms with van der Waals surface area (Å²) in [7, 11) is -3.73. The van der Waals surface area contributed by atoms with Crippen LogP contribution in [0.3, 0.4) is 0 Å². The zero-order chi connectivity index (χ0) is 21.6. The summed E-state index contributed by atoms with van der Waals surface area (Å²) in [5.74, 6) is -3.39. The molecule has 2 aliphatic rings. The van der Waals surface area contributed by atoms with E-state index in [0.29, 0.717) is 6.42 Å². The van der Waals surface area contributed by atoms with Gasteiger partial charge in [0.25, 0.3) is 0 Å². The van der Waals surface area contributed by atoms with Gasteiger partial charge in [-0.2, -0.15) is 0 Å². The molecule has 28 heavy (non-hydrogen) atoms. The van der Waals surface area contributed by atoms with Crippen LogP contribution >= 0.6 is 0 Å². The van der Waals surface area contributed by atoms with E-state index < -0.39 is 61.8 Å². The maximum absolute atomic E-state index is 12.7. The summed E-state index contributed by atoms with van der Waals surface area (Å²) < 4.78 is 23.6. The topological polar surface area (TPSA) is 150 Å². The number of carbonyl (C=O) groups is 4. The number of fused-ring (bicyclic) bond motifs is 1. The Hall–Kier alpha value is -2.17. The lowest BCUT2D eigenvalue weighted by atomic mass is 9.97. The molecular formula is C17H27N3O7S. The van der Waals surface area contributed by atoms with Crippen molar-refractivity contribution in [3.8, 4) is 0 Å². The van der Waals surface area contributed by atoms with Crippen LogP contribution in [0.15, 0.2) is 0 Å². The van der Waals surface area contributed by atoms with Gasteiger partial charge in [0.2, 0.25) is 17.7 Å². The van der Waals surface area contributed by atoms with Gasteiger partial charge in [-0.25, -0.2) is 13.2 Å². The van der Waals surface area contributed by atoms with Crippen molar-refractivity contribution in [3.05, 3.63) is 0 Å². The zero-order valence-electron chi connectivity index (χ0n) is 16.6. The van der Waals surface area contributed by atoms with Crippen LogP contribution in [-0.4, -0.2) is 70.4 Å². The Bertz CT molecular complexity index is 808. The molecule has 3 N–H and O–H groups in total. The molecule has 11 heteroatoms. The molecule has 0 bridgehead atoms. The monoisotopic (exact) mass is 417 g/mol. The molecule has 0 radical (unpaired) electrons. The number of β-lactam (4-membered cyclic amide) rings is 1. The van der Waals surface area contributed by atoms with Crippen molar-refractivity contribution in [2.24, 2.45) is 5.92 Å². The summed E-state index contributed by atoms with van der Waals surface area (Å²) in [5, 5.41) is 13.1. The Morgan fingerprint density at radius 3 is 2.29 bits per heavy atom. The number of carbonyl (C=O) groups excluding carboxylic acids is 3. The highest BCUT2D eigenvalue weighted by Gasteiger charge is 2.67. The van der Waals surface area contributed by atoms with Crippen molar-refractivity contribution in [1.29, 1.82) is 0 Å². The van der Waals surface area contributed by atoms with E-state index in [4.69, 9.17) is 0 Å². The van der Waals surface area contributed by atoms with Gasteiger partial charge in [-0.1, -0.05) is 20.3 Å². The number of sulfone groups is 1. The Morgan fingerprint density at radius 1 is 1.25 bits per heavy atom. The first-order valence-electron chi connectivity index (χ1n) is 9.15. The summed E-state index contributed by atoms with van der Waals surface area (Å²) in [6.07, 6.45) is 0.380. The van der Waals surface area contributed by atoms with Crippen LogP contribution in [0, 0.1) is 5.92 Å². The second-order valence-corrected chi connectivity index (χ2v) is 10.6. The van der Waals surface area contributed by atoms with E-state index in [-0.39, 0.29) is 12.3 Å². The number of nitrogens with zero attached hydrogens (tertiary/aromatic N) is 1. The maximum Gasteiger partial charge on any atom is 0.326 e. The van der Waals surface area contributed by atoms with Gasteiger partial charge in [0.1, 0.15) is 23.5 Å². The number of aliphatic carboxylic acids is 1. The summed E-state index contributed by atoms with van der Waals surface area (Å²) in [6, 6.07) is -3.46. The summed E-state index contributed by atoms with van der Waals surface area (Å²) in [6.45, 7) is 7.61. The van der Waals surface area contributed by atoms with E-state index in [9.17, 15) is 32.7 Å². The first kappa shape index (κ1) is 22.1. The van der Waals surface area contributed by atoms with E-state index >= 15 is 0 Å². The molecule has 158 valence electrons. The second-order valence-electron chi connectivity index (χ2n) is 7.95. The van der Waals surface area contributed by atoms with Crippen LogP contribution in [0.25, 0.3) is 0 Å². The standard InChI is InChI=1S/C17H27N3O7S/c1-6-8(2)12(16(24)25)19-14(22)9(3)18-15(23)13-17(4,5)28(26,27)11-7-10(21)20(11)13/h8-9,11-13H,6-7H2,1-5H3,(H,18,23)(H,19,22)(H,24,25). The van der Waals surface area contributed by atoms with E-state index in [1.54, 1.807) is 13.8 Å². The molecule has 0 aliphatic carbocycles. The third-order valence-electron chi connectivity index (χ3n) is 5.75. The lowest BCUT2D eigenvalue weighted by Crippen LogP contribution is -2.61. The van der Waals surface area contributed by atoms with Crippen molar-refractivity contribution in [1.82, 2.24) is 15.5 Å². The average molecular weight is 417 g/mol. The third kappa shape index (κ3) is 3.36. The first-order chi connectivity index (χ1) is 12.8. The minimum atomic E-state index is -3.73. The molecule has 5 atom stereocenters. The summed E-state index contributed by atoms with van der Waals surface area (Å²) in [5.41, 5.74) is 0. The average Bonchev–Trinajstić information content (AvgIpc) is 2.71. The SMILES string of the molecule is CCC(C)C(NC(=O)C(C)NC(=O)C1N2C(=O)CC2S(=O)(=O)C1(C)C)C(=O)O. The highest BCUT2D eigenvalue weighted by atomic mass is 32.2. The van der Waals surface area contributed by atoms with Crippen LogP contribution in [0.5, 0.6) is 0 Å². The largest absolute Gasteiger partial charge is 0.480 e. The minimum Gasteiger partial charge on any atom is -0.480 e. The predicted octanol–water partition coefficient (Wildman–Crippen LogP) is -0.759. The molecule has 2 aliphatic heterocycles. The lowest BCUT2D eigenvalue weighted by Gasteiger charge is -2.37. The molecule has 0 aromatic carbocycles. The number of carboxylic acids is 1. The smallest absolute Gasteiger partial charge is 0.326 e. The van der Waals surface area contributed by atoms with Crippen LogP contribution < -0.4 is 10.6 Å². The van der Waals surface area contributed by atoms with Crippen molar-refractivity contribution in [3.63, 3.8) is 0 Å². The molecule has 5 unspecified atom stereocenters. The highest BCUT2D eigenvalue weighted by molar-refractivity contribution is 7.93. The van der Waals surface area contributed by atoms with Crippen LogP contribution in [0.2, 0.25) is 0 Å². The lowest BCUT2D eigenvalue weighted by molar-refractivity contribution is -0.150. The quantitative estimate of drug-likeness (QED) is 0.461. The van der Waals surface area contributed by atoms with Crippen molar-refractivity contribution < 1.29 is 32.7 Å². The Kier molecular flexibility index (Phi) is 5.80. The van der Waals surface area contributed by atoms with Crippen LogP contribution in [0.1, 0.15) is 47.5 Å². The molecule has 3 amide bonds. The number of amides is 3. The van der Waals surface area contributed by atoms with E-state index in [1.807, 2.05) is 0 Å². The Labute approximate surface area is 163 Å². The van der Waals surface area contributed by atoms with Gasteiger partial charge >= 0.3 is 5.97 Å². The summed E-state index contributed by atoms with van der Waals surface area (Å²) >= 11 is 0. The zero-order valence-corrected chi connectivity index (χ0v) is 17.4. The molecule has 0 aromatic heterocycles. The van der Waals surface area contributed by atoms with Crippen LogP contribution in [-0.2, 0) is 29.0 Å². The van der Waals surface area contributed by atoms with Gasteiger partial charge < -0.3 is 20.6 Å². The van der Waals surface area contributed by atoms with Crippen LogP contribution in [0.4, 0.5) is 0 Å². The van der Waals surface area contributed by atoms with Gasteiger partial charge in [0.05, 0.1) is 11.2 Å². The molecule has 0 saturated carbocycles. The fourth-order valence-electron chi connectivity index (χ4n) is 3.57. The number of carboxylic acid groups (broad SMARTS) is 1. The third-order valence-corrected chi connectivity index (χ3v) is 8.55. The van der Waals surface area contributed by atoms with Crippen molar-refractivity contribution in [2.45, 2.75) is 75.7 Å².